The lowest BCUT2D eigenvalue weighted by Gasteiger charge is -2.11. The van der Waals surface area contributed by atoms with E-state index >= 15 is 0 Å². The van der Waals surface area contributed by atoms with Crippen molar-refractivity contribution in [3.05, 3.63) is 74.7 Å². The molecule has 0 aliphatic heterocycles. The molecule has 0 saturated carbocycles. The molecule has 27 heavy (non-hydrogen) atoms. The van der Waals surface area contributed by atoms with E-state index < -0.39 is 36.5 Å². The second kappa shape index (κ2) is 7.31. The summed E-state index contributed by atoms with van der Waals surface area (Å²) in [4.78, 5) is 19.7. The zero-order chi connectivity index (χ0) is 20.4. The number of alkyl halides is 3. The second-order valence-corrected chi connectivity index (χ2v) is 7.42. The minimum absolute atomic E-state index is 0.108. The van der Waals surface area contributed by atoms with E-state index in [1.54, 1.807) is 6.92 Å². The highest BCUT2D eigenvalue weighted by molar-refractivity contribution is 7.96. The van der Waals surface area contributed by atoms with Gasteiger partial charge in [-0.05, 0) is 42.8 Å². The topological polar surface area (TPSA) is 94.3 Å². The number of aryl methyl sites for hydroxylation is 1. The summed E-state index contributed by atoms with van der Waals surface area (Å²) in [5, 5.41) is 10.6. The number of hydrogen-bond donors (Lipinski definition) is 0. The van der Waals surface area contributed by atoms with Crippen molar-refractivity contribution in [2.24, 2.45) is 0 Å². The van der Waals surface area contributed by atoms with Crippen LogP contribution in [0, 0.1) is 17.0 Å². The summed E-state index contributed by atoms with van der Waals surface area (Å²) >= 11 is 0. The van der Waals surface area contributed by atoms with Gasteiger partial charge in [0.05, 0.1) is 9.82 Å². The number of rotatable bonds is 5. The van der Waals surface area contributed by atoms with Crippen molar-refractivity contribution >= 4 is 27.4 Å². The molecule has 0 aromatic heterocycles. The Morgan fingerprint density at radius 2 is 1.56 bits per heavy atom. The normalized spacial score (nSPS) is 12.7. The fraction of sp³-hybridized carbons (Fsp3) is 0.118. The summed E-state index contributed by atoms with van der Waals surface area (Å²) in [6, 6.07) is 9.03. The van der Waals surface area contributed by atoms with Gasteiger partial charge < -0.3 is 0 Å². The van der Waals surface area contributed by atoms with Gasteiger partial charge in [-0.15, -0.1) is 0 Å². The molecule has 0 N–H and O–H groups in total. The Balaban J connectivity index is 2.62. The van der Waals surface area contributed by atoms with Gasteiger partial charge in [-0.3, -0.25) is 14.9 Å². The number of non-ortho nitro benzene ring substituents is 1. The summed E-state index contributed by atoms with van der Waals surface area (Å²) in [7, 11) is -4.77. The van der Waals surface area contributed by atoms with Crippen LogP contribution in [0.5, 0.6) is 0 Å². The maximum atomic E-state index is 12.9. The number of ketones is 1. The van der Waals surface area contributed by atoms with Crippen LogP contribution in [0.3, 0.4) is 0 Å². The highest BCUT2D eigenvalue weighted by atomic mass is 32.2. The Labute approximate surface area is 152 Å². The minimum Gasteiger partial charge on any atom is -0.283 e. The molecule has 0 atom stereocenters. The maximum absolute atomic E-state index is 12.9. The van der Waals surface area contributed by atoms with Crippen LogP contribution in [0.15, 0.2) is 58.3 Å². The van der Waals surface area contributed by atoms with Crippen LogP contribution in [0.25, 0.3) is 6.08 Å². The molecular formula is C17H12F3NO5S. The van der Waals surface area contributed by atoms with Crippen molar-refractivity contribution in [1.82, 2.24) is 0 Å². The number of carbonyl (C=O) groups is 1. The average molecular weight is 399 g/mol. The van der Waals surface area contributed by atoms with Gasteiger partial charge in [-0.25, -0.2) is 8.42 Å². The fourth-order valence-electron chi connectivity index (χ4n) is 2.09. The van der Waals surface area contributed by atoms with Gasteiger partial charge in [-0.2, -0.15) is 13.2 Å². The Hall–Kier alpha value is -3.01. The number of nitro groups is 1. The third-order valence-corrected chi connectivity index (χ3v) is 5.28. The van der Waals surface area contributed by atoms with E-state index in [-0.39, 0.29) is 11.3 Å². The molecule has 6 nitrogen and oxygen atoms in total. The van der Waals surface area contributed by atoms with E-state index in [9.17, 15) is 36.5 Å². The number of benzene rings is 2. The first kappa shape index (κ1) is 20.3. The number of halogens is 3. The van der Waals surface area contributed by atoms with Gasteiger partial charge in [-0.1, -0.05) is 17.7 Å². The molecular weight excluding hydrogens is 387 g/mol. The molecule has 0 heterocycles. The fourth-order valence-corrected chi connectivity index (χ4v) is 3.49. The number of carbonyl (C=O) groups excluding carboxylic acids is 1. The van der Waals surface area contributed by atoms with E-state index in [2.05, 4.69) is 0 Å². The third-order valence-electron chi connectivity index (χ3n) is 3.50. The average Bonchev–Trinajstić information content (AvgIpc) is 2.59. The van der Waals surface area contributed by atoms with Crippen LogP contribution in [0.4, 0.5) is 18.9 Å². The second-order valence-electron chi connectivity index (χ2n) is 5.50. The van der Waals surface area contributed by atoms with Crippen LogP contribution in [0.1, 0.15) is 11.1 Å². The summed E-state index contributed by atoms with van der Waals surface area (Å²) in [5.41, 5.74) is 0.234. The molecule has 10 heteroatoms. The van der Waals surface area contributed by atoms with Crippen molar-refractivity contribution in [3.63, 3.8) is 0 Å². The molecule has 0 spiro atoms. The molecule has 0 aliphatic rings. The summed E-state index contributed by atoms with van der Waals surface area (Å²) in [5.74, 6) is -2.53. The number of allylic oxidation sites excluding steroid dienone is 1. The Kier molecular flexibility index (Phi) is 5.50. The molecule has 142 valence electrons. The number of nitro benzene ring substituents is 1. The molecule has 2 rings (SSSR count). The smallest absolute Gasteiger partial charge is 0.283 e. The highest BCUT2D eigenvalue weighted by Gasteiger charge is 2.45. The van der Waals surface area contributed by atoms with Gasteiger partial charge >= 0.3 is 6.18 Å². The van der Waals surface area contributed by atoms with E-state index in [1.165, 1.54) is 12.1 Å². The predicted molar refractivity (Wildman–Crippen MR) is 90.5 cm³/mol. The van der Waals surface area contributed by atoms with Crippen LogP contribution < -0.4 is 0 Å². The van der Waals surface area contributed by atoms with Crippen molar-refractivity contribution in [1.29, 1.82) is 0 Å². The zero-order valence-corrected chi connectivity index (χ0v) is 14.5. The van der Waals surface area contributed by atoms with Gasteiger partial charge in [0, 0.05) is 12.1 Å². The molecule has 0 radical (unpaired) electrons. The van der Waals surface area contributed by atoms with Gasteiger partial charge in [0.2, 0.25) is 9.84 Å². The molecule has 0 bridgehead atoms. The predicted octanol–water partition coefficient (Wildman–Crippen LogP) is 3.85. The molecule has 0 fully saturated rings. The number of nitrogens with zero attached hydrogens (tertiary/aromatic N) is 1. The standard InChI is InChI=1S/C17H12F3NO5S/c1-11-2-8-14(9-3-11)27(25,26)15(16(22)17(18,19)20)10-12-4-6-13(7-5-12)21(23)24/h2-10H,1H3/b15-10+. The number of sulfone groups is 1. The quantitative estimate of drug-likeness (QED) is 0.432. The van der Waals surface area contributed by atoms with Crippen LogP contribution in [-0.2, 0) is 14.6 Å². The Morgan fingerprint density at radius 1 is 1.04 bits per heavy atom. The van der Waals surface area contributed by atoms with E-state index in [1.807, 2.05) is 0 Å². The summed E-state index contributed by atoms with van der Waals surface area (Å²) < 4.78 is 64.0. The summed E-state index contributed by atoms with van der Waals surface area (Å²) in [6.07, 6.45) is -4.86. The molecule has 2 aromatic rings. The van der Waals surface area contributed by atoms with E-state index in [0.29, 0.717) is 11.6 Å². The van der Waals surface area contributed by atoms with E-state index in [4.69, 9.17) is 0 Å². The third kappa shape index (κ3) is 4.59. The molecule has 0 amide bonds. The van der Waals surface area contributed by atoms with Gasteiger partial charge in [0.15, 0.2) is 0 Å². The number of Topliss-reactive ketones (excluding diaryl/α,β-unsaturated/α-hetero) is 1. The van der Waals surface area contributed by atoms with Crippen LogP contribution >= 0.6 is 0 Å². The van der Waals surface area contributed by atoms with Gasteiger partial charge in [0.25, 0.3) is 11.5 Å². The lowest BCUT2D eigenvalue weighted by Crippen LogP contribution is -2.28. The van der Waals surface area contributed by atoms with Crippen molar-refractivity contribution in [2.75, 3.05) is 0 Å². The van der Waals surface area contributed by atoms with Crippen molar-refractivity contribution in [3.8, 4) is 0 Å². The molecule has 0 unspecified atom stereocenters. The highest BCUT2D eigenvalue weighted by Crippen LogP contribution is 2.30. The lowest BCUT2D eigenvalue weighted by atomic mass is 10.2. The first-order chi connectivity index (χ1) is 12.4. The Morgan fingerprint density at radius 3 is 2.00 bits per heavy atom. The monoisotopic (exact) mass is 399 g/mol. The first-order valence-electron chi connectivity index (χ1n) is 7.32. The Bertz CT molecular complexity index is 1010. The largest absolute Gasteiger partial charge is 0.455 e. The molecule has 2 aromatic carbocycles. The molecule has 0 aliphatic carbocycles. The van der Waals surface area contributed by atoms with E-state index in [0.717, 1.165) is 36.4 Å². The van der Waals surface area contributed by atoms with Gasteiger partial charge in [0.1, 0.15) is 4.91 Å². The first-order valence-corrected chi connectivity index (χ1v) is 8.80. The van der Waals surface area contributed by atoms with Crippen LogP contribution in [-0.4, -0.2) is 25.3 Å². The lowest BCUT2D eigenvalue weighted by molar-refractivity contribution is -0.384. The summed E-state index contributed by atoms with van der Waals surface area (Å²) in [6.45, 7) is 1.66. The SMILES string of the molecule is Cc1ccc(S(=O)(=O)/C(=C/c2ccc([N+](=O)[O-])cc2)C(=O)C(F)(F)F)cc1. The van der Waals surface area contributed by atoms with Crippen molar-refractivity contribution < 1.29 is 31.3 Å². The van der Waals surface area contributed by atoms with Crippen LogP contribution in [0.2, 0.25) is 0 Å². The number of hydrogen-bond acceptors (Lipinski definition) is 5. The zero-order valence-electron chi connectivity index (χ0n) is 13.7. The van der Waals surface area contributed by atoms with Crippen molar-refractivity contribution in [2.45, 2.75) is 18.0 Å². The molecule has 0 saturated heterocycles. The maximum Gasteiger partial charge on any atom is 0.455 e. The minimum atomic E-state index is -5.41.